The van der Waals surface area contributed by atoms with Gasteiger partial charge in [0, 0.05) is 0 Å². The summed E-state index contributed by atoms with van der Waals surface area (Å²) in [5.41, 5.74) is 0. The lowest BCUT2D eigenvalue weighted by molar-refractivity contribution is -0.0230. The van der Waals surface area contributed by atoms with E-state index in [0.29, 0.717) is 5.92 Å². The van der Waals surface area contributed by atoms with Crippen LogP contribution in [-0.2, 0) is 0 Å². The van der Waals surface area contributed by atoms with Crippen molar-refractivity contribution in [2.45, 2.75) is 51.7 Å². The molecule has 0 aliphatic heterocycles. The number of hydrogen-bond donors (Lipinski definition) is 2. The van der Waals surface area contributed by atoms with Gasteiger partial charge < -0.3 is 10.2 Å². The Labute approximate surface area is 74.6 Å². The lowest BCUT2D eigenvalue weighted by Crippen LogP contribution is -2.34. The number of aliphatic hydroxyl groups is 2. The maximum Gasteiger partial charge on any atom is 0.0824 e. The fraction of sp³-hybridized carbons (Fsp3) is 1.00. The second-order valence-corrected chi connectivity index (χ2v) is 4.26. The van der Waals surface area contributed by atoms with E-state index in [1.807, 2.05) is 0 Å². The lowest BCUT2D eigenvalue weighted by Gasteiger charge is -2.31. The summed E-state index contributed by atoms with van der Waals surface area (Å²) < 4.78 is 0. The number of aliphatic hydroxyl groups excluding tert-OH is 2. The molecule has 72 valence electrons. The average molecular weight is 172 g/mol. The quantitative estimate of drug-likeness (QED) is 0.663. The van der Waals surface area contributed by atoms with Gasteiger partial charge in [0.1, 0.15) is 0 Å². The van der Waals surface area contributed by atoms with Crippen LogP contribution in [0.15, 0.2) is 0 Å². The Bertz CT molecular complexity index is 134. The van der Waals surface area contributed by atoms with Crippen molar-refractivity contribution < 1.29 is 10.2 Å². The first-order chi connectivity index (χ1) is 5.61. The predicted molar refractivity (Wildman–Crippen MR) is 48.8 cm³/mol. The maximum atomic E-state index is 9.62. The highest BCUT2D eigenvalue weighted by atomic mass is 16.3. The van der Waals surface area contributed by atoms with Crippen LogP contribution < -0.4 is 0 Å². The van der Waals surface area contributed by atoms with Crippen molar-refractivity contribution in [3.05, 3.63) is 0 Å². The summed E-state index contributed by atoms with van der Waals surface area (Å²) in [5, 5.41) is 18.8. The van der Waals surface area contributed by atoms with Crippen LogP contribution >= 0.6 is 0 Å². The van der Waals surface area contributed by atoms with Crippen molar-refractivity contribution in [2.24, 2.45) is 11.8 Å². The molecule has 0 heterocycles. The normalized spacial score (nSPS) is 36.0. The molecule has 1 aliphatic rings. The third kappa shape index (κ3) is 2.46. The molecule has 4 atom stereocenters. The van der Waals surface area contributed by atoms with Crippen molar-refractivity contribution in [1.29, 1.82) is 0 Å². The van der Waals surface area contributed by atoms with E-state index < -0.39 is 12.2 Å². The molecular formula is C10H20O2. The Morgan fingerprint density at radius 3 is 2.42 bits per heavy atom. The van der Waals surface area contributed by atoms with Gasteiger partial charge in [-0.3, -0.25) is 0 Å². The molecule has 2 nitrogen and oxygen atoms in total. The Hall–Kier alpha value is -0.0800. The Kier molecular flexibility index (Phi) is 3.53. The van der Waals surface area contributed by atoms with E-state index in [2.05, 4.69) is 6.92 Å². The minimum absolute atomic E-state index is 0.328. The van der Waals surface area contributed by atoms with Crippen LogP contribution in [0.1, 0.15) is 39.5 Å². The molecule has 1 rings (SSSR count). The molecule has 0 aromatic rings. The van der Waals surface area contributed by atoms with Crippen molar-refractivity contribution in [3.63, 3.8) is 0 Å². The van der Waals surface area contributed by atoms with Crippen LogP contribution in [0.2, 0.25) is 0 Å². The first kappa shape index (κ1) is 10.0. The predicted octanol–water partition coefficient (Wildman–Crippen LogP) is 1.55. The van der Waals surface area contributed by atoms with E-state index in [1.165, 1.54) is 12.8 Å². The zero-order valence-electron chi connectivity index (χ0n) is 8.03. The number of hydrogen-bond acceptors (Lipinski definition) is 2. The van der Waals surface area contributed by atoms with E-state index >= 15 is 0 Å². The molecule has 0 amide bonds. The molecule has 0 aromatic carbocycles. The van der Waals surface area contributed by atoms with Crippen LogP contribution in [0.4, 0.5) is 0 Å². The highest BCUT2D eigenvalue weighted by Crippen LogP contribution is 2.31. The number of rotatable bonds is 2. The molecule has 1 aliphatic carbocycles. The molecule has 4 unspecified atom stereocenters. The van der Waals surface area contributed by atoms with E-state index in [9.17, 15) is 10.2 Å². The third-order valence-electron chi connectivity index (χ3n) is 2.95. The second kappa shape index (κ2) is 4.24. The summed E-state index contributed by atoms with van der Waals surface area (Å²) in [6.07, 6.45) is 3.56. The Morgan fingerprint density at radius 2 is 1.92 bits per heavy atom. The second-order valence-electron chi connectivity index (χ2n) is 4.26. The maximum absolute atomic E-state index is 9.62. The zero-order chi connectivity index (χ0) is 9.14. The van der Waals surface area contributed by atoms with Crippen LogP contribution in [0, 0.1) is 11.8 Å². The van der Waals surface area contributed by atoms with Crippen LogP contribution in [-0.4, -0.2) is 22.4 Å². The van der Waals surface area contributed by atoms with E-state index in [0.717, 1.165) is 18.8 Å². The highest BCUT2D eigenvalue weighted by Gasteiger charge is 2.27. The first-order valence-electron chi connectivity index (χ1n) is 4.97. The Balaban J connectivity index is 2.40. The van der Waals surface area contributed by atoms with Crippen molar-refractivity contribution >= 4 is 0 Å². The fourth-order valence-corrected chi connectivity index (χ4v) is 2.19. The summed E-state index contributed by atoms with van der Waals surface area (Å²) in [6, 6.07) is 0. The minimum Gasteiger partial charge on any atom is -0.391 e. The third-order valence-corrected chi connectivity index (χ3v) is 2.95. The summed E-state index contributed by atoms with van der Waals surface area (Å²) in [4.78, 5) is 0. The topological polar surface area (TPSA) is 40.5 Å². The van der Waals surface area contributed by atoms with E-state index in [-0.39, 0.29) is 0 Å². The van der Waals surface area contributed by atoms with Crippen LogP contribution in [0.5, 0.6) is 0 Å². The van der Waals surface area contributed by atoms with Crippen molar-refractivity contribution in [1.82, 2.24) is 0 Å². The molecular weight excluding hydrogens is 152 g/mol. The molecule has 2 N–H and O–H groups in total. The molecule has 0 radical (unpaired) electrons. The molecule has 1 saturated carbocycles. The lowest BCUT2D eigenvalue weighted by atomic mass is 9.78. The van der Waals surface area contributed by atoms with E-state index in [4.69, 9.17) is 0 Å². The van der Waals surface area contributed by atoms with Crippen LogP contribution in [0.25, 0.3) is 0 Å². The monoisotopic (exact) mass is 172 g/mol. The smallest absolute Gasteiger partial charge is 0.0824 e. The van der Waals surface area contributed by atoms with Gasteiger partial charge in [0.2, 0.25) is 0 Å². The summed E-state index contributed by atoms with van der Waals surface area (Å²) in [5.74, 6) is 1.05. The van der Waals surface area contributed by atoms with Gasteiger partial charge >= 0.3 is 0 Å². The zero-order valence-corrected chi connectivity index (χ0v) is 8.03. The molecule has 0 spiro atoms. The average Bonchev–Trinajstić information content (AvgIpc) is 2.03. The highest BCUT2D eigenvalue weighted by molar-refractivity contribution is 4.78. The van der Waals surface area contributed by atoms with Gasteiger partial charge in [-0.15, -0.1) is 0 Å². The Morgan fingerprint density at radius 1 is 1.25 bits per heavy atom. The molecule has 0 aromatic heterocycles. The van der Waals surface area contributed by atoms with Gasteiger partial charge in [0.05, 0.1) is 12.2 Å². The van der Waals surface area contributed by atoms with Crippen molar-refractivity contribution in [2.75, 3.05) is 0 Å². The molecule has 1 fully saturated rings. The van der Waals surface area contributed by atoms with E-state index in [1.54, 1.807) is 6.92 Å². The van der Waals surface area contributed by atoms with Crippen molar-refractivity contribution in [3.8, 4) is 0 Å². The molecule has 12 heavy (non-hydrogen) atoms. The SMILES string of the molecule is CC1CCCC(C(O)C(C)O)C1. The van der Waals surface area contributed by atoms with Gasteiger partial charge in [-0.05, 0) is 31.6 Å². The van der Waals surface area contributed by atoms with Gasteiger partial charge in [-0.2, -0.15) is 0 Å². The van der Waals surface area contributed by atoms with Gasteiger partial charge in [-0.25, -0.2) is 0 Å². The summed E-state index contributed by atoms with van der Waals surface area (Å²) >= 11 is 0. The van der Waals surface area contributed by atoms with Crippen LogP contribution in [0.3, 0.4) is 0 Å². The first-order valence-corrected chi connectivity index (χ1v) is 4.97. The standard InChI is InChI=1S/C10H20O2/c1-7-4-3-5-9(6-7)10(12)8(2)11/h7-12H,3-6H2,1-2H3. The minimum atomic E-state index is -0.569. The van der Waals surface area contributed by atoms with Gasteiger partial charge in [0.15, 0.2) is 0 Å². The molecule has 0 saturated heterocycles. The summed E-state index contributed by atoms with van der Waals surface area (Å²) in [7, 11) is 0. The largest absolute Gasteiger partial charge is 0.391 e. The van der Waals surface area contributed by atoms with Gasteiger partial charge in [-0.1, -0.05) is 19.8 Å². The summed E-state index contributed by atoms with van der Waals surface area (Å²) in [6.45, 7) is 3.89. The molecule has 2 heteroatoms. The fourth-order valence-electron chi connectivity index (χ4n) is 2.19. The molecule has 0 bridgehead atoms. The van der Waals surface area contributed by atoms with Gasteiger partial charge in [0.25, 0.3) is 0 Å².